The molecule has 1 heterocycles. The van der Waals surface area contributed by atoms with Crippen molar-refractivity contribution in [3.8, 4) is 17.6 Å². The minimum Gasteiger partial charge on any atom is -0.493 e. The maximum absolute atomic E-state index is 12.6. The number of rotatable bonds is 6. The van der Waals surface area contributed by atoms with Crippen LogP contribution >= 0.6 is 11.3 Å². The molecule has 3 aromatic rings. The zero-order valence-corrected chi connectivity index (χ0v) is 16.1. The third kappa shape index (κ3) is 4.01. The Morgan fingerprint density at radius 3 is 2.78 bits per heavy atom. The van der Waals surface area contributed by atoms with Crippen LogP contribution in [0, 0.1) is 11.3 Å². The minimum atomic E-state index is -0.173. The van der Waals surface area contributed by atoms with Gasteiger partial charge >= 0.3 is 0 Å². The first kappa shape index (κ1) is 18.7. The Bertz CT molecular complexity index is 976. The van der Waals surface area contributed by atoms with Gasteiger partial charge in [-0.1, -0.05) is 12.1 Å². The molecule has 7 heteroatoms. The molecule has 0 saturated heterocycles. The summed E-state index contributed by atoms with van der Waals surface area (Å²) in [7, 11) is 3.23. The number of para-hydroxylation sites is 1. The summed E-state index contributed by atoms with van der Waals surface area (Å²) < 4.78 is 11.9. The average molecular weight is 381 g/mol. The molecule has 0 aliphatic heterocycles. The molecular formula is C20H19N3O3S. The number of ether oxygens (including phenoxy) is 2. The van der Waals surface area contributed by atoms with E-state index in [1.165, 1.54) is 7.11 Å². The Morgan fingerprint density at radius 2 is 2.07 bits per heavy atom. The quantitative estimate of drug-likeness (QED) is 0.650. The lowest BCUT2D eigenvalue weighted by Gasteiger charge is -2.23. The summed E-state index contributed by atoms with van der Waals surface area (Å²) in [5.74, 6) is 0.669. The number of hydrogen-bond acceptors (Lipinski definition) is 6. The highest BCUT2D eigenvalue weighted by Gasteiger charge is 2.21. The highest BCUT2D eigenvalue weighted by Crippen LogP contribution is 2.30. The van der Waals surface area contributed by atoms with Crippen molar-refractivity contribution in [2.24, 2.45) is 0 Å². The third-order valence-corrected chi connectivity index (χ3v) is 5.49. The zero-order valence-electron chi connectivity index (χ0n) is 15.3. The van der Waals surface area contributed by atoms with Gasteiger partial charge in [-0.25, -0.2) is 4.98 Å². The van der Waals surface area contributed by atoms with Crippen LogP contribution in [0.15, 0.2) is 42.5 Å². The van der Waals surface area contributed by atoms with Crippen molar-refractivity contribution in [1.82, 2.24) is 9.88 Å². The first-order valence-corrected chi connectivity index (χ1v) is 9.17. The zero-order chi connectivity index (χ0) is 19.4. The van der Waals surface area contributed by atoms with Crippen molar-refractivity contribution in [2.75, 3.05) is 20.8 Å². The van der Waals surface area contributed by atoms with Crippen LogP contribution in [0.3, 0.4) is 0 Å². The van der Waals surface area contributed by atoms with Gasteiger partial charge in [0.15, 0.2) is 18.1 Å². The molecule has 6 nitrogen and oxygen atoms in total. The number of carbonyl (C=O) groups excluding carboxylic acids is 1. The standard InChI is InChI=1S/C20H19N3O3S/c1-13(20-22-15-6-4-5-7-18(15)27-20)23(2)19(24)12-26-16-9-8-14(11-21)10-17(16)25-3/h4-10,13H,12H2,1-3H3/t13-/m0/s1. The number of amides is 1. The normalized spacial score (nSPS) is 11.6. The lowest BCUT2D eigenvalue weighted by Crippen LogP contribution is -2.33. The molecule has 2 aromatic carbocycles. The Morgan fingerprint density at radius 1 is 1.30 bits per heavy atom. The highest BCUT2D eigenvalue weighted by molar-refractivity contribution is 7.18. The predicted molar refractivity (Wildman–Crippen MR) is 104 cm³/mol. The van der Waals surface area contributed by atoms with Crippen molar-refractivity contribution in [1.29, 1.82) is 5.26 Å². The van der Waals surface area contributed by atoms with E-state index in [1.807, 2.05) is 37.3 Å². The van der Waals surface area contributed by atoms with Gasteiger partial charge in [0.05, 0.1) is 35.0 Å². The number of fused-ring (bicyclic) bond motifs is 1. The maximum Gasteiger partial charge on any atom is 0.260 e. The van der Waals surface area contributed by atoms with Crippen molar-refractivity contribution in [3.05, 3.63) is 53.0 Å². The molecule has 1 aromatic heterocycles. The molecule has 0 saturated carbocycles. The summed E-state index contributed by atoms with van der Waals surface area (Å²) in [5, 5.41) is 9.83. The van der Waals surface area contributed by atoms with E-state index >= 15 is 0 Å². The van der Waals surface area contributed by atoms with Gasteiger partial charge in [-0.3, -0.25) is 4.79 Å². The van der Waals surface area contributed by atoms with Crippen molar-refractivity contribution < 1.29 is 14.3 Å². The van der Waals surface area contributed by atoms with Crippen LogP contribution < -0.4 is 9.47 Å². The smallest absolute Gasteiger partial charge is 0.260 e. The molecule has 0 fully saturated rings. The second-order valence-electron chi connectivity index (χ2n) is 5.97. The molecule has 0 radical (unpaired) electrons. The first-order chi connectivity index (χ1) is 13.0. The number of thiazole rings is 1. The fraction of sp³-hybridized carbons (Fsp3) is 0.250. The largest absolute Gasteiger partial charge is 0.493 e. The minimum absolute atomic E-state index is 0.131. The van der Waals surface area contributed by atoms with Crippen LogP contribution in [-0.2, 0) is 4.79 Å². The summed E-state index contributed by atoms with van der Waals surface area (Å²) in [4.78, 5) is 18.8. The van der Waals surface area contributed by atoms with E-state index in [0.29, 0.717) is 17.1 Å². The van der Waals surface area contributed by atoms with E-state index < -0.39 is 0 Å². The van der Waals surface area contributed by atoms with Gasteiger partial charge in [-0.15, -0.1) is 11.3 Å². The fourth-order valence-corrected chi connectivity index (χ4v) is 3.61. The molecule has 1 amide bonds. The first-order valence-electron chi connectivity index (χ1n) is 8.35. The number of nitrogens with zero attached hydrogens (tertiary/aromatic N) is 3. The molecule has 0 unspecified atom stereocenters. The summed E-state index contributed by atoms with van der Waals surface area (Å²) in [6.45, 7) is 1.81. The van der Waals surface area contributed by atoms with E-state index in [1.54, 1.807) is 41.5 Å². The van der Waals surface area contributed by atoms with E-state index in [2.05, 4.69) is 4.98 Å². The summed E-state index contributed by atoms with van der Waals surface area (Å²) in [6.07, 6.45) is 0. The number of carbonyl (C=O) groups is 1. The van der Waals surface area contributed by atoms with Crippen LogP contribution in [0.5, 0.6) is 11.5 Å². The van der Waals surface area contributed by atoms with E-state index in [-0.39, 0.29) is 18.6 Å². The summed E-state index contributed by atoms with van der Waals surface area (Å²) in [6, 6.07) is 14.6. The third-order valence-electron chi connectivity index (χ3n) is 4.29. The maximum atomic E-state index is 12.6. The van der Waals surface area contributed by atoms with Crippen molar-refractivity contribution in [3.63, 3.8) is 0 Å². The molecule has 138 valence electrons. The van der Waals surface area contributed by atoms with Crippen LogP contribution in [-0.4, -0.2) is 36.6 Å². The summed E-state index contributed by atoms with van der Waals surface area (Å²) >= 11 is 1.58. The lowest BCUT2D eigenvalue weighted by molar-refractivity contribution is -0.134. The summed E-state index contributed by atoms with van der Waals surface area (Å²) in [5.41, 5.74) is 1.40. The number of hydrogen-bond donors (Lipinski definition) is 0. The number of likely N-dealkylation sites (N-methyl/N-ethyl adjacent to an activating group) is 1. The van der Waals surface area contributed by atoms with Crippen LogP contribution in [0.4, 0.5) is 0 Å². The van der Waals surface area contributed by atoms with Crippen molar-refractivity contribution >= 4 is 27.5 Å². The Balaban J connectivity index is 1.67. The molecule has 27 heavy (non-hydrogen) atoms. The van der Waals surface area contributed by atoms with E-state index in [9.17, 15) is 4.79 Å². The number of nitriles is 1. The Labute approximate surface area is 161 Å². The van der Waals surface area contributed by atoms with Gasteiger partial charge < -0.3 is 14.4 Å². The predicted octanol–water partition coefficient (Wildman–Crippen LogP) is 3.77. The van der Waals surface area contributed by atoms with Gasteiger partial charge in [0.1, 0.15) is 5.01 Å². The molecule has 0 spiro atoms. The molecule has 0 N–H and O–H groups in total. The monoisotopic (exact) mass is 381 g/mol. The molecule has 0 aliphatic carbocycles. The van der Waals surface area contributed by atoms with Gasteiger partial charge in [-0.2, -0.15) is 5.26 Å². The van der Waals surface area contributed by atoms with Crippen LogP contribution in [0.25, 0.3) is 10.2 Å². The second-order valence-corrected chi connectivity index (χ2v) is 7.03. The number of benzene rings is 2. The second kappa shape index (κ2) is 8.06. The Kier molecular flexibility index (Phi) is 5.57. The lowest BCUT2D eigenvalue weighted by atomic mass is 10.2. The van der Waals surface area contributed by atoms with Crippen molar-refractivity contribution in [2.45, 2.75) is 13.0 Å². The molecule has 3 rings (SSSR count). The molecule has 0 bridgehead atoms. The molecule has 0 aliphatic rings. The van der Waals surface area contributed by atoms with Gasteiger partial charge in [0.25, 0.3) is 5.91 Å². The molecular weight excluding hydrogens is 362 g/mol. The SMILES string of the molecule is COc1cc(C#N)ccc1OCC(=O)N(C)[C@@H](C)c1nc2ccccc2s1. The van der Waals surface area contributed by atoms with Gasteiger partial charge in [0.2, 0.25) is 0 Å². The van der Waals surface area contributed by atoms with Gasteiger partial charge in [-0.05, 0) is 31.2 Å². The van der Waals surface area contributed by atoms with E-state index in [4.69, 9.17) is 14.7 Å². The fourth-order valence-electron chi connectivity index (χ4n) is 2.55. The van der Waals surface area contributed by atoms with Crippen LogP contribution in [0.2, 0.25) is 0 Å². The highest BCUT2D eigenvalue weighted by atomic mass is 32.1. The van der Waals surface area contributed by atoms with E-state index in [0.717, 1.165) is 15.2 Å². The topological polar surface area (TPSA) is 75.5 Å². The Hall–Kier alpha value is -3.11. The number of methoxy groups -OCH3 is 1. The molecule has 1 atom stereocenters. The van der Waals surface area contributed by atoms with Crippen LogP contribution in [0.1, 0.15) is 23.5 Å². The number of aromatic nitrogens is 1. The van der Waals surface area contributed by atoms with Gasteiger partial charge in [0, 0.05) is 13.1 Å². The average Bonchev–Trinajstić information content (AvgIpc) is 3.14.